The summed E-state index contributed by atoms with van der Waals surface area (Å²) in [5.41, 5.74) is -1.83. The quantitative estimate of drug-likeness (QED) is 0.332. The SMILES string of the molecule is CC(C)(C)OC(=O)N(C(=O)OC(C)(C)C)c1ccc(/C=C/c2ncn(-c3ccc(OC(F)(F)F)cc3)n2)cc1C(=O)O. The van der Waals surface area contributed by atoms with Crippen LogP contribution >= 0.6 is 0 Å². The monoisotopic (exact) mass is 590 g/mol. The number of aromatic nitrogens is 3. The standard InChI is InChI=1S/C28H29F3N4O7/c1-26(2,3)41-24(38)35(25(39)42-27(4,5)6)21-13-7-17(15-20(21)23(36)37)8-14-22-32-16-34(33-22)18-9-11-19(12-10-18)40-28(29,30)31/h7-16H,1-6H3,(H,36,37)/b14-8+. The van der Waals surface area contributed by atoms with Gasteiger partial charge in [-0.15, -0.1) is 18.3 Å². The van der Waals surface area contributed by atoms with E-state index in [0.29, 0.717) is 16.2 Å². The zero-order valence-electron chi connectivity index (χ0n) is 23.6. The molecule has 42 heavy (non-hydrogen) atoms. The van der Waals surface area contributed by atoms with Crippen molar-refractivity contribution < 1.29 is 46.9 Å². The van der Waals surface area contributed by atoms with Crippen molar-refractivity contribution in [2.45, 2.75) is 59.1 Å². The van der Waals surface area contributed by atoms with Crippen molar-refractivity contribution in [3.8, 4) is 11.4 Å². The van der Waals surface area contributed by atoms with Crippen LogP contribution in [0.3, 0.4) is 0 Å². The lowest BCUT2D eigenvalue weighted by Gasteiger charge is -2.29. The van der Waals surface area contributed by atoms with E-state index in [4.69, 9.17) is 9.47 Å². The summed E-state index contributed by atoms with van der Waals surface area (Å²) in [4.78, 5) is 42.8. The maximum absolute atomic E-state index is 13.0. The number of anilines is 1. The lowest BCUT2D eigenvalue weighted by molar-refractivity contribution is -0.274. The predicted octanol–water partition coefficient (Wildman–Crippen LogP) is 6.71. The Hall–Kier alpha value is -4.88. The summed E-state index contributed by atoms with van der Waals surface area (Å²) in [6, 6.07) is 8.97. The zero-order valence-corrected chi connectivity index (χ0v) is 23.6. The van der Waals surface area contributed by atoms with Gasteiger partial charge < -0.3 is 19.3 Å². The number of benzene rings is 2. The number of rotatable bonds is 6. The van der Waals surface area contributed by atoms with Gasteiger partial charge in [0, 0.05) is 0 Å². The smallest absolute Gasteiger partial charge is 0.478 e. The molecule has 2 amide bonds. The van der Waals surface area contributed by atoms with Crippen LogP contribution in [0.4, 0.5) is 28.4 Å². The summed E-state index contributed by atoms with van der Waals surface area (Å²) >= 11 is 0. The molecule has 0 radical (unpaired) electrons. The Kier molecular flexibility index (Phi) is 8.99. The van der Waals surface area contributed by atoms with Gasteiger partial charge in [-0.2, -0.15) is 4.90 Å². The predicted molar refractivity (Wildman–Crippen MR) is 145 cm³/mol. The van der Waals surface area contributed by atoms with E-state index in [-0.39, 0.29) is 22.8 Å². The van der Waals surface area contributed by atoms with Crippen LogP contribution in [0, 0.1) is 0 Å². The number of carbonyl (C=O) groups is 3. The van der Waals surface area contributed by atoms with Gasteiger partial charge in [-0.25, -0.2) is 24.0 Å². The summed E-state index contributed by atoms with van der Waals surface area (Å²) in [5, 5.41) is 14.1. The van der Waals surface area contributed by atoms with Gasteiger partial charge in [0.1, 0.15) is 23.3 Å². The minimum atomic E-state index is -4.81. The van der Waals surface area contributed by atoms with Gasteiger partial charge in [0.25, 0.3) is 0 Å². The Labute approximate surface area is 239 Å². The number of hydrogen-bond donors (Lipinski definition) is 1. The number of halogens is 3. The van der Waals surface area contributed by atoms with E-state index in [1.165, 1.54) is 53.5 Å². The number of amides is 2. The molecule has 0 saturated heterocycles. The van der Waals surface area contributed by atoms with E-state index in [2.05, 4.69) is 14.8 Å². The van der Waals surface area contributed by atoms with Gasteiger partial charge in [0.05, 0.1) is 16.9 Å². The molecule has 0 saturated carbocycles. The van der Waals surface area contributed by atoms with Crippen molar-refractivity contribution in [2.24, 2.45) is 0 Å². The number of carboxylic acid groups (broad SMARTS) is 1. The van der Waals surface area contributed by atoms with Crippen molar-refractivity contribution in [3.63, 3.8) is 0 Å². The van der Waals surface area contributed by atoms with Gasteiger partial charge >= 0.3 is 24.5 Å². The third-order valence-electron chi connectivity index (χ3n) is 4.91. The van der Waals surface area contributed by atoms with Crippen molar-refractivity contribution in [1.82, 2.24) is 14.8 Å². The average Bonchev–Trinajstić information content (AvgIpc) is 3.29. The Balaban J connectivity index is 1.89. The molecule has 0 bridgehead atoms. The largest absolute Gasteiger partial charge is 0.573 e. The normalized spacial score (nSPS) is 12.2. The van der Waals surface area contributed by atoms with E-state index in [1.807, 2.05) is 0 Å². The molecular weight excluding hydrogens is 561 g/mol. The zero-order chi connectivity index (χ0) is 31.5. The summed E-state index contributed by atoms with van der Waals surface area (Å²) in [7, 11) is 0. The van der Waals surface area contributed by atoms with Crippen molar-refractivity contribution in [1.29, 1.82) is 0 Å². The molecule has 1 N–H and O–H groups in total. The molecule has 0 fully saturated rings. The number of carbonyl (C=O) groups excluding carboxylic acids is 2. The number of hydrogen-bond acceptors (Lipinski definition) is 8. The van der Waals surface area contributed by atoms with E-state index >= 15 is 0 Å². The highest BCUT2D eigenvalue weighted by atomic mass is 19.4. The Morgan fingerprint density at radius 1 is 0.881 bits per heavy atom. The van der Waals surface area contributed by atoms with Gasteiger partial charge in [0.15, 0.2) is 5.82 Å². The maximum Gasteiger partial charge on any atom is 0.573 e. The van der Waals surface area contributed by atoms with Crippen LogP contribution in [0.15, 0.2) is 48.8 Å². The molecule has 0 unspecified atom stereocenters. The first kappa shape index (κ1) is 31.6. The fourth-order valence-electron chi connectivity index (χ4n) is 3.36. The molecular formula is C28H29F3N4O7. The highest BCUT2D eigenvalue weighted by Gasteiger charge is 2.35. The third kappa shape index (κ3) is 9.08. The summed E-state index contributed by atoms with van der Waals surface area (Å²) < 4.78 is 53.0. The molecule has 2 aromatic carbocycles. The first-order valence-corrected chi connectivity index (χ1v) is 12.4. The fourth-order valence-corrected chi connectivity index (χ4v) is 3.36. The van der Waals surface area contributed by atoms with Crippen LogP contribution in [0.25, 0.3) is 17.8 Å². The summed E-state index contributed by atoms with van der Waals surface area (Å²) in [6.45, 7) is 9.56. The number of alkyl halides is 3. The molecule has 11 nitrogen and oxygen atoms in total. The molecule has 0 aliphatic rings. The molecule has 14 heteroatoms. The van der Waals surface area contributed by atoms with E-state index in [9.17, 15) is 32.7 Å². The van der Waals surface area contributed by atoms with Crippen LogP contribution < -0.4 is 9.64 Å². The number of nitrogens with zero attached hydrogens (tertiary/aromatic N) is 4. The van der Waals surface area contributed by atoms with Crippen LogP contribution in [0.2, 0.25) is 0 Å². The Morgan fingerprint density at radius 2 is 1.45 bits per heavy atom. The first-order chi connectivity index (χ1) is 19.3. The highest BCUT2D eigenvalue weighted by Crippen LogP contribution is 2.28. The second kappa shape index (κ2) is 11.9. The number of ether oxygens (including phenoxy) is 3. The maximum atomic E-state index is 13.0. The van der Waals surface area contributed by atoms with Crippen molar-refractivity contribution in [2.75, 3.05) is 4.90 Å². The van der Waals surface area contributed by atoms with Crippen molar-refractivity contribution in [3.05, 3.63) is 65.7 Å². The van der Waals surface area contributed by atoms with Gasteiger partial charge in [-0.05, 0) is 89.6 Å². The Bertz CT molecular complexity index is 1460. The van der Waals surface area contributed by atoms with E-state index in [1.54, 1.807) is 41.5 Å². The van der Waals surface area contributed by atoms with Gasteiger partial charge in [0.2, 0.25) is 0 Å². The molecule has 0 aliphatic heterocycles. The van der Waals surface area contributed by atoms with Crippen LogP contribution in [0.1, 0.15) is 63.3 Å². The highest BCUT2D eigenvalue weighted by molar-refractivity contribution is 6.13. The molecule has 0 aliphatic carbocycles. The average molecular weight is 591 g/mol. The summed E-state index contributed by atoms with van der Waals surface area (Å²) in [5.74, 6) is -1.60. The third-order valence-corrected chi connectivity index (χ3v) is 4.91. The minimum Gasteiger partial charge on any atom is -0.478 e. The number of aromatic carboxylic acids is 1. The van der Waals surface area contributed by atoms with E-state index in [0.717, 1.165) is 12.1 Å². The molecule has 0 spiro atoms. The molecule has 3 rings (SSSR count). The van der Waals surface area contributed by atoms with E-state index < -0.39 is 35.7 Å². The second-order valence-corrected chi connectivity index (χ2v) is 10.8. The fraction of sp³-hybridized carbons (Fsp3) is 0.321. The first-order valence-electron chi connectivity index (χ1n) is 12.4. The molecule has 3 aromatic rings. The molecule has 0 atom stereocenters. The minimum absolute atomic E-state index is 0.204. The Morgan fingerprint density at radius 3 is 1.95 bits per heavy atom. The van der Waals surface area contributed by atoms with Gasteiger partial charge in [-0.3, -0.25) is 0 Å². The number of carboxylic acids is 1. The van der Waals surface area contributed by atoms with Gasteiger partial charge in [-0.1, -0.05) is 12.1 Å². The lowest BCUT2D eigenvalue weighted by atomic mass is 10.1. The van der Waals surface area contributed by atoms with Crippen LogP contribution in [0.5, 0.6) is 5.75 Å². The molecule has 1 aromatic heterocycles. The van der Waals surface area contributed by atoms with Crippen LogP contribution in [-0.4, -0.2) is 55.6 Å². The van der Waals surface area contributed by atoms with Crippen LogP contribution in [-0.2, 0) is 9.47 Å². The molecule has 1 heterocycles. The topological polar surface area (TPSA) is 133 Å². The van der Waals surface area contributed by atoms with Crippen molar-refractivity contribution >= 4 is 36.0 Å². The number of imide groups is 1. The summed E-state index contributed by atoms with van der Waals surface area (Å²) in [6.07, 6.45) is -2.73. The lowest BCUT2D eigenvalue weighted by Crippen LogP contribution is -2.44. The second-order valence-electron chi connectivity index (χ2n) is 10.8. The molecule has 224 valence electrons.